The van der Waals surface area contributed by atoms with Crippen LogP contribution in [0.5, 0.6) is 5.75 Å². The van der Waals surface area contributed by atoms with E-state index in [0.29, 0.717) is 11.1 Å². The zero-order chi connectivity index (χ0) is 17.5. The number of aromatic hydroxyl groups is 1. The number of nitrogens with zero attached hydrogens (tertiary/aromatic N) is 1. The molecule has 2 aromatic carbocycles. The third kappa shape index (κ3) is 4.39. The minimum atomic E-state index is -0.110. The Labute approximate surface area is 147 Å². The molecule has 0 fully saturated rings. The summed E-state index contributed by atoms with van der Waals surface area (Å²) in [4.78, 5) is 11.6. The van der Waals surface area contributed by atoms with E-state index in [0.717, 1.165) is 35.5 Å². The molecule has 0 heterocycles. The van der Waals surface area contributed by atoms with Gasteiger partial charge in [0.1, 0.15) is 5.75 Å². The van der Waals surface area contributed by atoms with Gasteiger partial charge < -0.3 is 5.11 Å². The van der Waals surface area contributed by atoms with Crippen LogP contribution in [0.2, 0.25) is 0 Å². The Balaban J connectivity index is 2.09. The van der Waals surface area contributed by atoms with Crippen LogP contribution in [0, 0.1) is 11.3 Å². The predicted octanol–water partition coefficient (Wildman–Crippen LogP) is 4.85. The number of thioether (sulfide) groups is 1. The molecule has 0 aliphatic rings. The lowest BCUT2D eigenvalue weighted by Crippen LogP contribution is -2.00. The Morgan fingerprint density at radius 2 is 1.88 bits per heavy atom. The Kier molecular flexibility index (Phi) is 6.45. The van der Waals surface area contributed by atoms with Gasteiger partial charge in [-0.2, -0.15) is 17.0 Å². The summed E-state index contributed by atoms with van der Waals surface area (Å²) in [6, 6.07) is 13.4. The van der Waals surface area contributed by atoms with Gasteiger partial charge in [-0.25, -0.2) is 0 Å². The first-order chi connectivity index (χ1) is 11.6. The maximum Gasteiger partial charge on any atom is 0.163 e. The topological polar surface area (TPSA) is 61.1 Å². The Morgan fingerprint density at radius 1 is 1.17 bits per heavy atom. The average molecular weight is 339 g/mol. The fourth-order valence-electron chi connectivity index (χ4n) is 2.58. The maximum absolute atomic E-state index is 11.6. The summed E-state index contributed by atoms with van der Waals surface area (Å²) in [7, 11) is 0. The van der Waals surface area contributed by atoms with Crippen LogP contribution in [-0.2, 0) is 17.9 Å². The molecule has 0 bridgehead atoms. The lowest BCUT2D eigenvalue weighted by Gasteiger charge is -2.13. The highest BCUT2D eigenvalue weighted by molar-refractivity contribution is 7.97. The number of phenols is 1. The van der Waals surface area contributed by atoms with Crippen LogP contribution >= 0.6 is 11.8 Å². The van der Waals surface area contributed by atoms with E-state index < -0.39 is 0 Å². The molecular formula is C20H21NO2S. The first-order valence-electron chi connectivity index (χ1n) is 7.98. The van der Waals surface area contributed by atoms with Crippen LogP contribution in [0.1, 0.15) is 52.9 Å². The highest BCUT2D eigenvalue weighted by Gasteiger charge is 2.14. The third-order valence-corrected chi connectivity index (χ3v) is 4.92. The lowest BCUT2D eigenvalue weighted by atomic mass is 9.98. The molecule has 1 N–H and O–H groups in total. The maximum atomic E-state index is 11.6. The first-order valence-corrected chi connectivity index (χ1v) is 9.13. The lowest BCUT2D eigenvalue weighted by molar-refractivity contribution is 0.101. The van der Waals surface area contributed by atoms with Gasteiger partial charge in [0.25, 0.3) is 0 Å². The fourth-order valence-corrected chi connectivity index (χ4v) is 3.60. The van der Waals surface area contributed by atoms with E-state index in [9.17, 15) is 9.90 Å². The Morgan fingerprint density at radius 3 is 2.46 bits per heavy atom. The van der Waals surface area contributed by atoms with Crippen LogP contribution in [0.4, 0.5) is 0 Å². The number of carbonyl (C=O) groups excluding carboxylic acids is 1. The van der Waals surface area contributed by atoms with Crippen LogP contribution < -0.4 is 0 Å². The van der Waals surface area contributed by atoms with Crippen molar-refractivity contribution in [1.82, 2.24) is 0 Å². The van der Waals surface area contributed by atoms with Crippen molar-refractivity contribution in [3.8, 4) is 11.8 Å². The van der Waals surface area contributed by atoms with Crippen molar-refractivity contribution >= 4 is 17.5 Å². The second-order valence-corrected chi connectivity index (χ2v) is 6.69. The predicted molar refractivity (Wildman–Crippen MR) is 98.3 cm³/mol. The number of nitriles is 1. The molecule has 0 amide bonds. The molecule has 0 unspecified atom stereocenters. The molecule has 3 nitrogen and oxygen atoms in total. The first kappa shape index (κ1) is 18.1. The van der Waals surface area contributed by atoms with Gasteiger partial charge >= 0.3 is 0 Å². The Bertz CT molecular complexity index is 760. The summed E-state index contributed by atoms with van der Waals surface area (Å²) in [6.07, 6.45) is 1.68. The highest BCUT2D eigenvalue weighted by Crippen LogP contribution is 2.31. The molecule has 0 aliphatic carbocycles. The molecule has 0 atom stereocenters. The number of phenolic OH excluding ortho intramolecular Hbond substituents is 1. The fraction of sp³-hybridized carbons (Fsp3) is 0.300. The van der Waals surface area contributed by atoms with Crippen molar-refractivity contribution in [2.24, 2.45) is 0 Å². The van der Waals surface area contributed by atoms with Crippen LogP contribution in [0.25, 0.3) is 0 Å². The van der Waals surface area contributed by atoms with E-state index in [1.807, 2.05) is 30.3 Å². The van der Waals surface area contributed by atoms with E-state index in [4.69, 9.17) is 5.26 Å². The van der Waals surface area contributed by atoms with Crippen LogP contribution in [-0.4, -0.2) is 10.9 Å². The zero-order valence-electron chi connectivity index (χ0n) is 14.0. The number of carbonyl (C=O) groups is 1. The summed E-state index contributed by atoms with van der Waals surface area (Å²) < 4.78 is 0. The molecule has 4 heteroatoms. The van der Waals surface area contributed by atoms with Crippen molar-refractivity contribution in [2.45, 2.75) is 38.2 Å². The molecule has 0 spiro atoms. The van der Waals surface area contributed by atoms with Gasteiger partial charge in [0, 0.05) is 11.5 Å². The monoisotopic (exact) mass is 339 g/mol. The van der Waals surface area contributed by atoms with Crippen molar-refractivity contribution in [2.75, 3.05) is 0 Å². The number of benzene rings is 2. The normalized spacial score (nSPS) is 10.4. The van der Waals surface area contributed by atoms with Crippen molar-refractivity contribution in [3.05, 3.63) is 64.2 Å². The van der Waals surface area contributed by atoms with E-state index in [2.05, 4.69) is 13.0 Å². The third-order valence-electron chi connectivity index (χ3n) is 3.87. The van der Waals surface area contributed by atoms with Gasteiger partial charge in [-0.3, -0.25) is 4.79 Å². The summed E-state index contributed by atoms with van der Waals surface area (Å²) in [5.41, 5.74) is 4.20. The molecule has 0 aromatic heterocycles. The van der Waals surface area contributed by atoms with Gasteiger partial charge in [-0.05, 0) is 48.2 Å². The molecule has 0 aliphatic heterocycles. The Hall–Kier alpha value is -2.25. The second-order valence-electron chi connectivity index (χ2n) is 5.71. The molecule has 0 saturated carbocycles. The van der Waals surface area contributed by atoms with Gasteiger partial charge in [0.05, 0.1) is 17.2 Å². The standard InChI is InChI=1S/C20H21NO2S/c1-3-4-19-17(9-10-18(14(2)22)20(19)23)13-24-12-16-7-5-15(11-21)6-8-16/h5-10,23H,3-4,12-13H2,1-2H3. The molecule has 2 aromatic rings. The van der Waals surface area contributed by atoms with Gasteiger partial charge in [0.15, 0.2) is 5.78 Å². The van der Waals surface area contributed by atoms with Crippen LogP contribution in [0.15, 0.2) is 36.4 Å². The number of ketones is 1. The molecule has 124 valence electrons. The van der Waals surface area contributed by atoms with Crippen LogP contribution in [0.3, 0.4) is 0 Å². The number of hydrogen-bond acceptors (Lipinski definition) is 4. The number of hydrogen-bond donors (Lipinski definition) is 1. The van der Waals surface area contributed by atoms with Gasteiger partial charge in [0.2, 0.25) is 0 Å². The smallest absolute Gasteiger partial charge is 0.163 e. The molecule has 2 rings (SSSR count). The zero-order valence-corrected chi connectivity index (χ0v) is 14.8. The minimum absolute atomic E-state index is 0.110. The minimum Gasteiger partial charge on any atom is -0.507 e. The quantitative estimate of drug-likeness (QED) is 0.732. The molecule has 0 saturated heterocycles. The van der Waals surface area contributed by atoms with Crippen molar-refractivity contribution < 1.29 is 9.90 Å². The summed E-state index contributed by atoms with van der Waals surface area (Å²) in [5, 5.41) is 19.2. The SMILES string of the molecule is CCCc1c(CSCc2ccc(C#N)cc2)ccc(C(C)=O)c1O. The molecule has 24 heavy (non-hydrogen) atoms. The van der Waals surface area contributed by atoms with E-state index in [1.54, 1.807) is 17.8 Å². The highest BCUT2D eigenvalue weighted by atomic mass is 32.2. The van der Waals surface area contributed by atoms with E-state index in [1.165, 1.54) is 12.5 Å². The number of rotatable bonds is 7. The summed E-state index contributed by atoms with van der Waals surface area (Å²) >= 11 is 1.76. The van der Waals surface area contributed by atoms with Crippen molar-refractivity contribution in [1.29, 1.82) is 5.26 Å². The molecular weight excluding hydrogens is 318 g/mol. The number of Topliss-reactive ketones (excluding diaryl/α,β-unsaturated/α-hetero) is 1. The van der Waals surface area contributed by atoms with Crippen molar-refractivity contribution in [3.63, 3.8) is 0 Å². The van der Waals surface area contributed by atoms with E-state index >= 15 is 0 Å². The molecule has 0 radical (unpaired) electrons. The summed E-state index contributed by atoms with van der Waals surface area (Å²) in [6.45, 7) is 3.54. The second kappa shape index (κ2) is 8.56. The van der Waals surface area contributed by atoms with E-state index in [-0.39, 0.29) is 11.5 Å². The van der Waals surface area contributed by atoms with Gasteiger partial charge in [-0.15, -0.1) is 0 Å². The largest absolute Gasteiger partial charge is 0.507 e. The summed E-state index contributed by atoms with van der Waals surface area (Å²) in [5.74, 6) is 1.65. The average Bonchev–Trinajstić information content (AvgIpc) is 2.58. The van der Waals surface area contributed by atoms with Gasteiger partial charge in [-0.1, -0.05) is 31.5 Å².